The minimum Gasteiger partial charge on any atom is -0.475 e. The minimum atomic E-state index is -5.08. The smallest absolute Gasteiger partial charge is 0.475 e. The first-order valence-corrected chi connectivity index (χ1v) is 11.9. The van der Waals surface area contributed by atoms with Crippen molar-refractivity contribution in [3.8, 4) is 0 Å². The number of rotatable bonds is 7. The lowest BCUT2D eigenvalue weighted by Crippen LogP contribution is -2.45. The lowest BCUT2D eigenvalue weighted by molar-refractivity contribution is -0.192. The molecule has 2 unspecified atom stereocenters. The fourth-order valence-corrected chi connectivity index (χ4v) is 5.20. The standard InChI is InChI=1S/C21H34N4O2.C2HF3O2/c1-4-27-21(10-11-26-13-21)12-25(3)20-15(2)19(22-14-23-20)24-18-16-8-6-5-7-9-17(16)18;3-2(4,5)1(6)7/h14,16-18H,4-13H2,1-3H3,(H,22,23,24);(H,6,7)/t16-,17+,18?,21?;. The van der Waals surface area contributed by atoms with Gasteiger partial charge in [-0.1, -0.05) is 19.3 Å². The van der Waals surface area contributed by atoms with Crippen LogP contribution < -0.4 is 10.2 Å². The number of anilines is 2. The number of aromatic nitrogens is 2. The van der Waals surface area contributed by atoms with Gasteiger partial charge in [-0.2, -0.15) is 13.2 Å². The van der Waals surface area contributed by atoms with E-state index in [2.05, 4.69) is 41.1 Å². The van der Waals surface area contributed by atoms with Crippen LogP contribution >= 0.6 is 0 Å². The number of alkyl halides is 3. The number of halogens is 3. The molecule has 1 aromatic heterocycles. The van der Waals surface area contributed by atoms with E-state index in [0.717, 1.165) is 48.6 Å². The maximum absolute atomic E-state index is 10.6. The Morgan fingerprint density at radius 2 is 1.94 bits per heavy atom. The van der Waals surface area contributed by atoms with E-state index in [0.29, 0.717) is 19.3 Å². The van der Waals surface area contributed by atoms with Crippen molar-refractivity contribution >= 4 is 17.6 Å². The zero-order valence-corrected chi connectivity index (χ0v) is 20.0. The molecule has 2 saturated carbocycles. The topological polar surface area (TPSA) is 96.8 Å². The molecule has 3 fully saturated rings. The van der Waals surface area contributed by atoms with Crippen molar-refractivity contribution in [3.05, 3.63) is 11.9 Å². The van der Waals surface area contributed by atoms with Gasteiger partial charge in [0.25, 0.3) is 0 Å². The normalized spacial score (nSPS) is 28.2. The van der Waals surface area contributed by atoms with Crippen molar-refractivity contribution in [1.29, 1.82) is 0 Å². The molecule has 0 amide bonds. The Balaban J connectivity index is 0.000000406. The Morgan fingerprint density at radius 3 is 2.47 bits per heavy atom. The van der Waals surface area contributed by atoms with Crippen molar-refractivity contribution in [2.75, 3.05) is 43.6 Å². The molecule has 0 radical (unpaired) electrons. The molecule has 4 atom stereocenters. The van der Waals surface area contributed by atoms with E-state index < -0.39 is 12.1 Å². The molecule has 0 bridgehead atoms. The van der Waals surface area contributed by atoms with Crippen molar-refractivity contribution < 1.29 is 32.5 Å². The first-order chi connectivity index (χ1) is 16.1. The van der Waals surface area contributed by atoms with Crippen LogP contribution in [0.5, 0.6) is 0 Å². The summed E-state index contributed by atoms with van der Waals surface area (Å²) in [5.74, 6) is 0.921. The number of carboxylic acids is 1. The quantitative estimate of drug-likeness (QED) is 0.594. The highest BCUT2D eigenvalue weighted by Gasteiger charge is 2.50. The summed E-state index contributed by atoms with van der Waals surface area (Å²) >= 11 is 0. The summed E-state index contributed by atoms with van der Waals surface area (Å²) in [6.45, 7) is 7.10. The number of hydrogen-bond donors (Lipinski definition) is 2. The summed E-state index contributed by atoms with van der Waals surface area (Å²) in [6, 6.07) is 0.607. The number of carboxylic acid groups (broad SMARTS) is 1. The number of likely N-dealkylation sites (N-methyl/N-ethyl adjacent to an activating group) is 1. The highest BCUT2D eigenvalue weighted by Crippen LogP contribution is 2.50. The van der Waals surface area contributed by atoms with Crippen LogP contribution in [0.25, 0.3) is 0 Å². The lowest BCUT2D eigenvalue weighted by atomic mass is 10.0. The third kappa shape index (κ3) is 6.50. The van der Waals surface area contributed by atoms with Crippen LogP contribution in [0.15, 0.2) is 6.33 Å². The van der Waals surface area contributed by atoms with E-state index in [9.17, 15) is 13.2 Å². The third-order valence-electron chi connectivity index (χ3n) is 6.91. The first kappa shape index (κ1) is 26.5. The molecule has 0 aromatic carbocycles. The molecule has 1 saturated heterocycles. The maximum atomic E-state index is 10.6. The molecule has 1 aromatic rings. The summed E-state index contributed by atoms with van der Waals surface area (Å²) in [5, 5.41) is 10.9. The van der Waals surface area contributed by atoms with Gasteiger partial charge in [0.15, 0.2) is 0 Å². The van der Waals surface area contributed by atoms with E-state index in [1.807, 2.05) is 0 Å². The van der Waals surface area contributed by atoms with Crippen LogP contribution in [-0.4, -0.2) is 72.3 Å². The van der Waals surface area contributed by atoms with Gasteiger partial charge in [-0.05, 0) is 38.5 Å². The van der Waals surface area contributed by atoms with E-state index in [4.69, 9.17) is 19.4 Å². The number of carbonyl (C=O) groups is 1. The Labute approximate surface area is 198 Å². The van der Waals surface area contributed by atoms with E-state index in [1.54, 1.807) is 6.33 Å². The SMILES string of the molecule is CCOC1(CN(C)c2ncnc(NC3[C@H]4CCCCC[C@@H]34)c2C)CCOC1.O=C(O)C(F)(F)F. The molecule has 8 nitrogen and oxygen atoms in total. The number of hydrogen-bond acceptors (Lipinski definition) is 7. The fraction of sp³-hybridized carbons (Fsp3) is 0.783. The van der Waals surface area contributed by atoms with Gasteiger partial charge in [0.1, 0.15) is 23.6 Å². The highest BCUT2D eigenvalue weighted by molar-refractivity contribution is 5.73. The summed E-state index contributed by atoms with van der Waals surface area (Å²) in [6.07, 6.45) is 4.47. The number of fused-ring (bicyclic) bond motifs is 1. The van der Waals surface area contributed by atoms with Crippen LogP contribution in [0.3, 0.4) is 0 Å². The molecule has 11 heteroatoms. The van der Waals surface area contributed by atoms with Gasteiger partial charge in [-0.15, -0.1) is 0 Å². The minimum absolute atomic E-state index is 0.224. The van der Waals surface area contributed by atoms with Crippen LogP contribution in [0.4, 0.5) is 24.8 Å². The van der Waals surface area contributed by atoms with Crippen molar-refractivity contribution in [3.63, 3.8) is 0 Å². The molecular weight excluding hydrogens is 453 g/mol. The van der Waals surface area contributed by atoms with Gasteiger partial charge in [0.05, 0.1) is 13.2 Å². The predicted molar refractivity (Wildman–Crippen MR) is 121 cm³/mol. The Bertz CT molecular complexity index is 821. The molecule has 3 aliphatic rings. The third-order valence-corrected chi connectivity index (χ3v) is 6.91. The Hall–Kier alpha value is -2.14. The van der Waals surface area contributed by atoms with Crippen molar-refractivity contribution in [2.24, 2.45) is 11.8 Å². The molecule has 4 rings (SSSR count). The summed E-state index contributed by atoms with van der Waals surface area (Å²) in [4.78, 5) is 20.2. The number of aliphatic carboxylic acids is 1. The predicted octanol–water partition coefficient (Wildman–Crippen LogP) is 4.04. The molecule has 0 spiro atoms. The monoisotopic (exact) mass is 488 g/mol. The van der Waals surface area contributed by atoms with Gasteiger partial charge in [0, 0.05) is 38.3 Å². The maximum Gasteiger partial charge on any atom is 0.490 e. The van der Waals surface area contributed by atoms with E-state index >= 15 is 0 Å². The second kappa shape index (κ2) is 11.1. The molecule has 2 N–H and O–H groups in total. The molecule has 2 aliphatic carbocycles. The summed E-state index contributed by atoms with van der Waals surface area (Å²) < 4.78 is 43.4. The molecular formula is C23H35F3N4O4. The molecule has 1 aliphatic heterocycles. The number of ether oxygens (including phenoxy) is 2. The molecule has 192 valence electrons. The van der Waals surface area contributed by atoms with E-state index in [-0.39, 0.29) is 5.60 Å². The zero-order valence-electron chi connectivity index (χ0n) is 20.0. The molecule has 2 heterocycles. The van der Waals surface area contributed by atoms with Crippen molar-refractivity contribution in [2.45, 2.75) is 70.2 Å². The number of nitrogens with one attached hydrogen (secondary N) is 1. The largest absolute Gasteiger partial charge is 0.490 e. The van der Waals surface area contributed by atoms with Crippen LogP contribution in [0, 0.1) is 18.8 Å². The van der Waals surface area contributed by atoms with Crippen LogP contribution in [0.1, 0.15) is 51.0 Å². The Kier molecular flexibility index (Phi) is 8.62. The second-order valence-corrected chi connectivity index (χ2v) is 9.38. The lowest BCUT2D eigenvalue weighted by Gasteiger charge is -2.33. The average Bonchev–Trinajstić information content (AvgIpc) is 3.31. The van der Waals surface area contributed by atoms with Crippen LogP contribution in [0.2, 0.25) is 0 Å². The molecule has 34 heavy (non-hydrogen) atoms. The first-order valence-electron chi connectivity index (χ1n) is 11.9. The highest BCUT2D eigenvalue weighted by atomic mass is 19.4. The van der Waals surface area contributed by atoms with Crippen LogP contribution in [-0.2, 0) is 14.3 Å². The number of nitrogens with zero attached hydrogens (tertiary/aromatic N) is 3. The summed E-state index contributed by atoms with van der Waals surface area (Å²) in [7, 11) is 2.10. The fourth-order valence-electron chi connectivity index (χ4n) is 5.20. The zero-order chi connectivity index (χ0) is 24.9. The van der Waals surface area contributed by atoms with Gasteiger partial charge in [-0.3, -0.25) is 0 Å². The average molecular weight is 489 g/mol. The second-order valence-electron chi connectivity index (χ2n) is 9.38. The van der Waals surface area contributed by atoms with Gasteiger partial charge >= 0.3 is 12.1 Å². The van der Waals surface area contributed by atoms with E-state index in [1.165, 1.54) is 32.1 Å². The van der Waals surface area contributed by atoms with Crippen molar-refractivity contribution in [1.82, 2.24) is 9.97 Å². The van der Waals surface area contributed by atoms with Gasteiger partial charge in [0.2, 0.25) is 0 Å². The Morgan fingerprint density at radius 1 is 1.29 bits per heavy atom. The summed E-state index contributed by atoms with van der Waals surface area (Å²) in [5.41, 5.74) is 0.907. The van der Waals surface area contributed by atoms with Gasteiger partial charge < -0.3 is 24.8 Å². The van der Waals surface area contributed by atoms with Gasteiger partial charge in [-0.25, -0.2) is 14.8 Å².